The molecule has 0 radical (unpaired) electrons. The molecule has 2 heterocycles. The van der Waals surface area contributed by atoms with E-state index in [4.69, 9.17) is 9.84 Å². The van der Waals surface area contributed by atoms with Crippen LogP contribution in [0.2, 0.25) is 0 Å². The molecule has 2 aliphatic heterocycles. The van der Waals surface area contributed by atoms with E-state index in [-0.39, 0.29) is 12.5 Å². The van der Waals surface area contributed by atoms with Gasteiger partial charge >= 0.3 is 11.9 Å². The van der Waals surface area contributed by atoms with Crippen molar-refractivity contribution in [2.75, 3.05) is 7.05 Å². The zero-order chi connectivity index (χ0) is 18.4. The van der Waals surface area contributed by atoms with Gasteiger partial charge in [-0.15, -0.1) is 0 Å². The summed E-state index contributed by atoms with van der Waals surface area (Å²) in [5, 5.41) is 17.8. The highest BCUT2D eigenvalue weighted by molar-refractivity contribution is 5.76. The summed E-state index contributed by atoms with van der Waals surface area (Å²) in [4.78, 5) is 23.8. The Bertz CT molecular complexity index is 562. The van der Waals surface area contributed by atoms with Gasteiger partial charge in [0, 0.05) is 18.5 Å². The number of carboxylic acid groups (broad SMARTS) is 1. The summed E-state index contributed by atoms with van der Waals surface area (Å²) in [6.45, 7) is 1.60. The van der Waals surface area contributed by atoms with E-state index in [9.17, 15) is 14.7 Å². The van der Waals surface area contributed by atoms with Crippen LogP contribution in [0.15, 0.2) is 30.3 Å². The van der Waals surface area contributed by atoms with Crippen LogP contribution in [0, 0.1) is 0 Å². The zero-order valence-corrected chi connectivity index (χ0v) is 14.8. The number of rotatable bonds is 4. The predicted octanol–water partition coefficient (Wildman–Crippen LogP) is 2.37. The number of piperidine rings is 1. The van der Waals surface area contributed by atoms with Crippen molar-refractivity contribution in [3.63, 3.8) is 0 Å². The Morgan fingerprint density at radius 2 is 1.72 bits per heavy atom. The average molecular weight is 349 g/mol. The highest BCUT2D eigenvalue weighted by Gasteiger charge is 2.40. The summed E-state index contributed by atoms with van der Waals surface area (Å²) in [6, 6.07) is 10.0. The van der Waals surface area contributed by atoms with E-state index in [1.807, 2.05) is 18.2 Å². The molecule has 2 unspecified atom stereocenters. The molecule has 0 amide bonds. The molecule has 3 rings (SSSR count). The van der Waals surface area contributed by atoms with Gasteiger partial charge in [0.25, 0.3) is 0 Å². The summed E-state index contributed by atoms with van der Waals surface area (Å²) >= 11 is 0. The third-order valence-corrected chi connectivity index (χ3v) is 4.98. The number of carboxylic acids is 1. The molecule has 2 N–H and O–H groups in total. The maximum Gasteiger partial charge on any atom is 0.339 e. The molecule has 1 aromatic rings. The minimum absolute atomic E-state index is 0.0467. The lowest BCUT2D eigenvalue weighted by atomic mass is 10.0. The quantitative estimate of drug-likeness (QED) is 0.812. The van der Waals surface area contributed by atoms with E-state index in [1.54, 1.807) is 19.1 Å². The number of nitrogens with zero attached hydrogens (tertiary/aromatic N) is 1. The first-order valence-corrected chi connectivity index (χ1v) is 8.79. The number of hydrogen-bond acceptors (Lipinski definition) is 5. The van der Waals surface area contributed by atoms with Gasteiger partial charge in [-0.25, -0.2) is 4.79 Å². The summed E-state index contributed by atoms with van der Waals surface area (Å²) in [5.41, 5.74) is 0.591. The van der Waals surface area contributed by atoms with Crippen molar-refractivity contribution in [3.05, 3.63) is 35.9 Å². The Kier molecular flexibility index (Phi) is 6.96. The second kappa shape index (κ2) is 8.97. The number of hydrogen-bond donors (Lipinski definition) is 2. The van der Waals surface area contributed by atoms with E-state index in [1.165, 1.54) is 12.8 Å². The average Bonchev–Trinajstić information content (AvgIpc) is 2.83. The van der Waals surface area contributed by atoms with Gasteiger partial charge in [0.05, 0.1) is 0 Å². The van der Waals surface area contributed by atoms with E-state index < -0.39 is 18.0 Å². The van der Waals surface area contributed by atoms with Crippen molar-refractivity contribution < 1.29 is 24.5 Å². The van der Waals surface area contributed by atoms with Crippen LogP contribution < -0.4 is 0 Å². The number of aliphatic carboxylic acids is 1. The Morgan fingerprint density at radius 3 is 2.20 bits per heavy atom. The Morgan fingerprint density at radius 1 is 1.20 bits per heavy atom. The Balaban J connectivity index is 0.000000399. The van der Waals surface area contributed by atoms with Crippen LogP contribution in [0.3, 0.4) is 0 Å². The molecule has 138 valence electrons. The number of ether oxygens (including phenoxy) is 1. The largest absolute Gasteiger partial charge is 0.481 e. The molecule has 0 spiro atoms. The van der Waals surface area contributed by atoms with Gasteiger partial charge in [0.15, 0.2) is 6.10 Å². The normalized spacial score (nSPS) is 26.3. The van der Waals surface area contributed by atoms with Crippen molar-refractivity contribution in [1.82, 2.24) is 4.90 Å². The van der Waals surface area contributed by atoms with Crippen molar-refractivity contribution in [1.29, 1.82) is 0 Å². The lowest BCUT2D eigenvalue weighted by Gasteiger charge is -2.36. The highest BCUT2D eigenvalue weighted by Crippen LogP contribution is 2.35. The van der Waals surface area contributed by atoms with Crippen LogP contribution in [-0.2, 0) is 14.3 Å². The topological polar surface area (TPSA) is 87.1 Å². The van der Waals surface area contributed by atoms with E-state index in [0.29, 0.717) is 17.6 Å². The molecule has 1 aromatic carbocycles. The maximum absolute atomic E-state index is 12.0. The van der Waals surface area contributed by atoms with Gasteiger partial charge in [0.1, 0.15) is 6.10 Å². The number of carbonyl (C=O) groups excluding carboxylic acids is 1. The van der Waals surface area contributed by atoms with Gasteiger partial charge in [-0.2, -0.15) is 0 Å². The lowest BCUT2D eigenvalue weighted by molar-refractivity contribution is -0.162. The fourth-order valence-electron chi connectivity index (χ4n) is 3.46. The Labute approximate surface area is 148 Å². The van der Waals surface area contributed by atoms with E-state index in [0.717, 1.165) is 12.8 Å². The van der Waals surface area contributed by atoms with Crippen molar-refractivity contribution in [2.45, 2.75) is 63.3 Å². The molecular weight excluding hydrogens is 322 g/mol. The van der Waals surface area contributed by atoms with Crippen LogP contribution in [0.5, 0.6) is 0 Å². The number of benzene rings is 1. The van der Waals surface area contributed by atoms with Crippen LogP contribution in [-0.4, -0.2) is 52.3 Å². The van der Waals surface area contributed by atoms with Crippen molar-refractivity contribution in [3.8, 4) is 0 Å². The zero-order valence-electron chi connectivity index (χ0n) is 14.8. The molecular formula is C19H27NO5. The predicted molar refractivity (Wildman–Crippen MR) is 93.0 cm³/mol. The first kappa shape index (κ1) is 19.4. The molecule has 2 fully saturated rings. The third-order valence-electron chi connectivity index (χ3n) is 4.98. The van der Waals surface area contributed by atoms with Crippen LogP contribution >= 0.6 is 0 Å². The first-order chi connectivity index (χ1) is 11.9. The summed E-state index contributed by atoms with van der Waals surface area (Å²) in [6.07, 6.45) is 3.16. The number of esters is 1. The molecule has 6 nitrogen and oxygen atoms in total. The van der Waals surface area contributed by atoms with Gasteiger partial charge in [-0.05, 0) is 38.3 Å². The van der Waals surface area contributed by atoms with E-state index >= 15 is 0 Å². The summed E-state index contributed by atoms with van der Waals surface area (Å²) < 4.78 is 5.52. The van der Waals surface area contributed by atoms with Crippen molar-refractivity contribution in [2.24, 2.45) is 0 Å². The molecule has 0 aromatic heterocycles. The SMILES string of the molecule is CCC(=O)O.CN1[C@@H]2CC[C@H]1CC(OC(=O)C(O)c1ccccc1)C2. The molecule has 0 aliphatic carbocycles. The second-order valence-electron chi connectivity index (χ2n) is 6.64. The number of carbonyl (C=O) groups is 2. The third kappa shape index (κ3) is 5.28. The maximum atomic E-state index is 12.0. The van der Waals surface area contributed by atoms with Crippen LogP contribution in [0.25, 0.3) is 0 Å². The van der Waals surface area contributed by atoms with Crippen LogP contribution in [0.4, 0.5) is 0 Å². The van der Waals surface area contributed by atoms with Crippen molar-refractivity contribution >= 4 is 11.9 Å². The molecule has 2 bridgehead atoms. The fraction of sp³-hybridized carbons (Fsp3) is 0.579. The standard InChI is InChI=1S/C16H21NO3.C3H6O2/c1-17-12-7-8-13(17)10-14(9-12)20-16(19)15(18)11-5-3-2-4-6-11;1-2-3(4)5/h2-6,12-15,18H,7-10H2,1H3;2H2,1H3,(H,4,5)/t12-,13+,14?,15?;. The Hall–Kier alpha value is -1.92. The molecule has 2 saturated heterocycles. The molecule has 25 heavy (non-hydrogen) atoms. The fourth-order valence-corrected chi connectivity index (χ4v) is 3.46. The highest BCUT2D eigenvalue weighted by atomic mass is 16.6. The molecule has 0 saturated carbocycles. The number of fused-ring (bicyclic) bond motifs is 2. The van der Waals surface area contributed by atoms with Gasteiger partial charge in [-0.1, -0.05) is 37.3 Å². The molecule has 6 heteroatoms. The van der Waals surface area contributed by atoms with Gasteiger partial charge in [0.2, 0.25) is 0 Å². The smallest absolute Gasteiger partial charge is 0.339 e. The monoisotopic (exact) mass is 349 g/mol. The lowest BCUT2D eigenvalue weighted by Crippen LogP contribution is -2.43. The first-order valence-electron chi connectivity index (χ1n) is 8.79. The van der Waals surface area contributed by atoms with Gasteiger partial charge < -0.3 is 19.8 Å². The molecule has 4 atom stereocenters. The number of aliphatic hydroxyl groups is 1. The molecule has 2 aliphatic rings. The van der Waals surface area contributed by atoms with Crippen LogP contribution in [0.1, 0.15) is 50.7 Å². The van der Waals surface area contributed by atoms with Gasteiger partial charge in [-0.3, -0.25) is 4.79 Å². The minimum Gasteiger partial charge on any atom is -0.481 e. The summed E-state index contributed by atoms with van der Waals surface area (Å²) in [5.74, 6) is -1.27. The summed E-state index contributed by atoms with van der Waals surface area (Å²) in [7, 11) is 2.15. The minimum atomic E-state index is -1.17. The second-order valence-corrected chi connectivity index (χ2v) is 6.64. The number of aliphatic hydroxyl groups excluding tert-OH is 1. The van der Waals surface area contributed by atoms with E-state index in [2.05, 4.69) is 11.9 Å².